The van der Waals surface area contributed by atoms with Crippen LogP contribution in [0.4, 0.5) is 5.69 Å². The number of fused-ring (bicyclic) bond motifs is 1. The fraction of sp³-hybridized carbons (Fsp3) is 0.136. The lowest BCUT2D eigenvalue weighted by atomic mass is 10.1. The second-order valence-electron chi connectivity index (χ2n) is 6.68. The number of carbonyl (C=O) groups is 1. The molecule has 1 heterocycles. The van der Waals surface area contributed by atoms with Crippen molar-refractivity contribution in [2.45, 2.75) is 17.3 Å². The van der Waals surface area contributed by atoms with Gasteiger partial charge in [0.05, 0.1) is 12.4 Å². The molecule has 4 aromatic rings. The maximum absolute atomic E-state index is 12.8. The Kier molecular flexibility index (Phi) is 5.58. The van der Waals surface area contributed by atoms with Gasteiger partial charge in [-0.05, 0) is 42.6 Å². The molecule has 0 unspecified atom stereocenters. The van der Waals surface area contributed by atoms with Gasteiger partial charge in [-0.15, -0.1) is 10.2 Å². The first-order chi connectivity index (χ1) is 14.6. The summed E-state index contributed by atoms with van der Waals surface area (Å²) in [5, 5.41) is 13.4. The van der Waals surface area contributed by atoms with Gasteiger partial charge in [-0.25, -0.2) is 4.68 Å². The van der Waals surface area contributed by atoms with Crippen LogP contribution in [0.3, 0.4) is 0 Å². The van der Waals surface area contributed by atoms with Crippen molar-refractivity contribution in [2.24, 2.45) is 0 Å². The second-order valence-corrected chi connectivity index (χ2v) is 7.99. The van der Waals surface area contributed by atoms with Crippen molar-refractivity contribution >= 4 is 34.1 Å². The molecule has 0 bridgehead atoms. The highest BCUT2D eigenvalue weighted by atomic mass is 32.2. The van der Waals surface area contributed by atoms with Crippen molar-refractivity contribution in [1.82, 2.24) is 14.9 Å². The molecule has 3 aromatic carbocycles. The monoisotopic (exact) mass is 419 g/mol. The molecule has 4 rings (SSSR count). The van der Waals surface area contributed by atoms with E-state index in [1.807, 2.05) is 73.7 Å². The average Bonchev–Trinajstić information content (AvgIpc) is 3.14. The predicted octanol–water partition coefficient (Wildman–Crippen LogP) is 3.94. The lowest BCUT2D eigenvalue weighted by molar-refractivity contribution is -0.115. The van der Waals surface area contributed by atoms with Gasteiger partial charge in [0.15, 0.2) is 5.82 Å². The highest BCUT2D eigenvalue weighted by molar-refractivity contribution is 8.00. The van der Waals surface area contributed by atoms with Gasteiger partial charge in [0.2, 0.25) is 11.1 Å². The molecular formula is C22H21N5O2S. The van der Waals surface area contributed by atoms with Crippen molar-refractivity contribution in [2.75, 3.05) is 18.3 Å². The van der Waals surface area contributed by atoms with E-state index in [-0.39, 0.29) is 5.91 Å². The molecule has 0 aliphatic heterocycles. The Morgan fingerprint density at radius 3 is 2.57 bits per heavy atom. The summed E-state index contributed by atoms with van der Waals surface area (Å²) in [7, 11) is 1.61. The zero-order valence-corrected chi connectivity index (χ0v) is 17.4. The maximum Gasteiger partial charge on any atom is 0.237 e. The molecule has 1 aromatic heterocycles. The Hall–Kier alpha value is -3.52. The number of anilines is 1. The Bertz CT molecular complexity index is 1180. The molecule has 0 radical (unpaired) electrons. The van der Waals surface area contributed by atoms with Gasteiger partial charge in [-0.1, -0.05) is 48.2 Å². The number of nitrogen functional groups attached to an aromatic ring is 1. The predicted molar refractivity (Wildman–Crippen MR) is 120 cm³/mol. The quantitative estimate of drug-likeness (QED) is 0.363. The van der Waals surface area contributed by atoms with Gasteiger partial charge >= 0.3 is 0 Å². The number of thioether (sulfide) groups is 1. The molecule has 1 atom stereocenters. The summed E-state index contributed by atoms with van der Waals surface area (Å²) in [6.07, 6.45) is 0. The topological polar surface area (TPSA) is 95.1 Å². The van der Waals surface area contributed by atoms with Crippen LogP contribution in [0.5, 0.6) is 5.75 Å². The molecule has 0 fully saturated rings. The van der Waals surface area contributed by atoms with E-state index < -0.39 is 5.25 Å². The third-order valence-electron chi connectivity index (χ3n) is 4.71. The summed E-state index contributed by atoms with van der Waals surface area (Å²) in [4.78, 5) is 12.8. The number of ether oxygens (including phenoxy) is 1. The lowest BCUT2D eigenvalue weighted by Gasteiger charge is -2.13. The van der Waals surface area contributed by atoms with E-state index in [0.29, 0.717) is 11.0 Å². The summed E-state index contributed by atoms with van der Waals surface area (Å²) < 4.78 is 6.57. The molecule has 0 saturated carbocycles. The van der Waals surface area contributed by atoms with E-state index in [1.165, 1.54) is 16.4 Å². The van der Waals surface area contributed by atoms with Crippen LogP contribution >= 0.6 is 11.8 Å². The van der Waals surface area contributed by atoms with E-state index in [1.54, 1.807) is 7.11 Å². The summed E-state index contributed by atoms with van der Waals surface area (Å²) >= 11 is 1.25. The number of nitrogens with zero attached hydrogens (tertiary/aromatic N) is 3. The highest BCUT2D eigenvalue weighted by Crippen LogP contribution is 2.28. The number of nitrogens with one attached hydrogen (secondary N) is 1. The third-order valence-corrected chi connectivity index (χ3v) is 5.77. The van der Waals surface area contributed by atoms with Crippen molar-refractivity contribution in [3.05, 3.63) is 66.7 Å². The van der Waals surface area contributed by atoms with Crippen LogP contribution in [0.15, 0.2) is 71.9 Å². The largest absolute Gasteiger partial charge is 0.497 e. The van der Waals surface area contributed by atoms with E-state index in [0.717, 1.165) is 27.8 Å². The van der Waals surface area contributed by atoms with E-state index in [9.17, 15) is 4.79 Å². The smallest absolute Gasteiger partial charge is 0.237 e. The van der Waals surface area contributed by atoms with Crippen LogP contribution in [0.25, 0.3) is 22.2 Å². The van der Waals surface area contributed by atoms with Gasteiger partial charge in [0.1, 0.15) is 5.75 Å². The Balaban J connectivity index is 1.49. The first kappa shape index (κ1) is 19.8. The number of aromatic nitrogens is 3. The first-order valence-corrected chi connectivity index (χ1v) is 10.2. The molecule has 8 heteroatoms. The molecule has 0 spiro atoms. The summed E-state index contributed by atoms with van der Waals surface area (Å²) in [6.45, 7) is 1.81. The molecular weight excluding hydrogens is 398 g/mol. The Labute approximate surface area is 178 Å². The number of carbonyl (C=O) groups excluding carboxylic acids is 1. The number of amides is 1. The second kappa shape index (κ2) is 8.46. The molecule has 0 saturated heterocycles. The number of rotatable bonds is 6. The maximum atomic E-state index is 12.8. The summed E-state index contributed by atoms with van der Waals surface area (Å²) in [6, 6.07) is 21.1. The third kappa shape index (κ3) is 3.95. The van der Waals surface area contributed by atoms with Crippen molar-refractivity contribution in [1.29, 1.82) is 0 Å². The zero-order valence-electron chi connectivity index (χ0n) is 16.6. The number of benzene rings is 3. The Morgan fingerprint density at radius 1 is 1.07 bits per heavy atom. The van der Waals surface area contributed by atoms with Crippen LogP contribution in [-0.2, 0) is 4.79 Å². The van der Waals surface area contributed by atoms with Crippen molar-refractivity contribution in [3.8, 4) is 17.1 Å². The van der Waals surface area contributed by atoms with Crippen molar-refractivity contribution in [3.63, 3.8) is 0 Å². The van der Waals surface area contributed by atoms with Crippen LogP contribution in [0, 0.1) is 0 Å². The number of hydrogen-bond acceptors (Lipinski definition) is 6. The minimum atomic E-state index is -0.417. The van der Waals surface area contributed by atoms with E-state index in [2.05, 4.69) is 15.5 Å². The number of methoxy groups -OCH3 is 1. The van der Waals surface area contributed by atoms with Gasteiger partial charge in [0, 0.05) is 16.6 Å². The molecule has 1 amide bonds. The summed E-state index contributed by atoms with van der Waals surface area (Å²) in [5.74, 6) is 7.32. The van der Waals surface area contributed by atoms with E-state index >= 15 is 0 Å². The van der Waals surface area contributed by atoms with Crippen LogP contribution in [0.1, 0.15) is 6.92 Å². The van der Waals surface area contributed by atoms with Crippen LogP contribution < -0.4 is 15.9 Å². The first-order valence-electron chi connectivity index (χ1n) is 9.37. The normalized spacial score (nSPS) is 11.9. The molecule has 3 N–H and O–H groups in total. The molecule has 152 valence electrons. The standard InChI is InChI=1S/C22H21N5O2S/c1-14(21(28)24-19-9-5-7-15-6-3-4-8-18(15)19)30-22-26-25-20(27(22)23)16-10-12-17(29-2)13-11-16/h3-14H,23H2,1-2H3,(H,24,28)/t14-/m0/s1. The Morgan fingerprint density at radius 2 is 1.80 bits per heavy atom. The van der Waals surface area contributed by atoms with E-state index in [4.69, 9.17) is 10.6 Å². The van der Waals surface area contributed by atoms with Crippen LogP contribution in [-0.4, -0.2) is 33.1 Å². The minimum Gasteiger partial charge on any atom is -0.497 e. The van der Waals surface area contributed by atoms with Crippen LogP contribution in [0.2, 0.25) is 0 Å². The SMILES string of the molecule is COc1ccc(-c2nnc(S[C@@H](C)C(=O)Nc3cccc4ccccc34)n2N)cc1. The molecule has 30 heavy (non-hydrogen) atoms. The fourth-order valence-electron chi connectivity index (χ4n) is 3.07. The van der Waals surface area contributed by atoms with Crippen molar-refractivity contribution < 1.29 is 9.53 Å². The molecule has 0 aliphatic rings. The van der Waals surface area contributed by atoms with Gasteiger partial charge in [0.25, 0.3) is 0 Å². The zero-order chi connectivity index (χ0) is 21.1. The van der Waals surface area contributed by atoms with Gasteiger partial charge in [-0.2, -0.15) is 0 Å². The average molecular weight is 420 g/mol. The van der Waals surface area contributed by atoms with Gasteiger partial charge in [-0.3, -0.25) is 4.79 Å². The highest BCUT2D eigenvalue weighted by Gasteiger charge is 2.20. The molecule has 7 nitrogen and oxygen atoms in total. The number of nitrogens with two attached hydrogens (primary N) is 1. The number of hydrogen-bond donors (Lipinski definition) is 2. The van der Waals surface area contributed by atoms with Gasteiger partial charge < -0.3 is 15.9 Å². The minimum absolute atomic E-state index is 0.134. The lowest BCUT2D eigenvalue weighted by Crippen LogP contribution is -2.23. The fourth-order valence-corrected chi connectivity index (χ4v) is 3.84. The summed E-state index contributed by atoms with van der Waals surface area (Å²) in [5.41, 5.74) is 1.59. The molecule has 0 aliphatic carbocycles.